The summed E-state index contributed by atoms with van der Waals surface area (Å²) in [6, 6.07) is 0. The topological polar surface area (TPSA) is 51.0 Å². The molecule has 0 aromatic carbocycles. The summed E-state index contributed by atoms with van der Waals surface area (Å²) < 4.78 is 20.8. The quantitative estimate of drug-likeness (QED) is 0.651. The van der Waals surface area contributed by atoms with E-state index in [1.54, 1.807) is 6.92 Å². The van der Waals surface area contributed by atoms with Crippen molar-refractivity contribution in [2.75, 3.05) is 13.0 Å². The van der Waals surface area contributed by atoms with Crippen molar-refractivity contribution in [1.82, 2.24) is 15.5 Å². The molecule has 0 radical (unpaired) electrons. The van der Waals surface area contributed by atoms with Gasteiger partial charge in [0.25, 0.3) is 0 Å². The fourth-order valence-electron chi connectivity index (χ4n) is 1.85. The van der Waals surface area contributed by atoms with Gasteiger partial charge >= 0.3 is 0 Å². The molecule has 1 aliphatic heterocycles. The van der Waals surface area contributed by atoms with Crippen LogP contribution in [0, 0.1) is 12.8 Å². The minimum Gasteiger partial charge on any atom is -0.339 e. The molecule has 4 nitrogen and oxygen atoms in total. The van der Waals surface area contributed by atoms with Gasteiger partial charge in [0.05, 0.1) is 5.41 Å². The van der Waals surface area contributed by atoms with E-state index in [-0.39, 0.29) is 0 Å². The average Bonchev–Trinajstić information content (AvgIpc) is 2.63. The Bertz CT molecular complexity index is 392. The summed E-state index contributed by atoms with van der Waals surface area (Å²) in [5, 5.41) is 6.57. The van der Waals surface area contributed by atoms with Crippen LogP contribution in [-0.4, -0.2) is 23.2 Å². The minimum atomic E-state index is -1.41. The molecule has 0 spiro atoms. The van der Waals surface area contributed by atoms with E-state index in [9.17, 15) is 0 Å². The Balaban J connectivity index is 2.06. The summed E-state index contributed by atoms with van der Waals surface area (Å²) >= 11 is 0. The largest absolute Gasteiger partial charge is 0.339 e. The van der Waals surface area contributed by atoms with Crippen LogP contribution in [0.2, 0.25) is 0 Å². The normalized spacial score (nSPS) is 44.9. The zero-order chi connectivity index (χ0) is 9.97. The van der Waals surface area contributed by atoms with E-state index in [0.29, 0.717) is 24.2 Å². The third-order valence-corrected chi connectivity index (χ3v) is 2.67. The highest BCUT2D eigenvalue weighted by atomic mass is 16.5. The molecule has 0 amide bonds. The molecule has 12 heavy (non-hydrogen) atoms. The molecule has 1 aromatic heterocycles. The summed E-state index contributed by atoms with van der Waals surface area (Å²) in [7, 11) is 0. The lowest BCUT2D eigenvalue weighted by atomic mass is 10.1. The first-order valence-electron chi connectivity index (χ1n) is 5.12. The lowest BCUT2D eigenvalue weighted by Gasteiger charge is -2.02. The van der Waals surface area contributed by atoms with Gasteiger partial charge in [-0.15, -0.1) is 0 Å². The summed E-state index contributed by atoms with van der Waals surface area (Å²) in [6.45, 7) is 1.05. The second-order valence-corrected chi connectivity index (χ2v) is 3.53. The Labute approximate surface area is 73.2 Å². The van der Waals surface area contributed by atoms with E-state index in [4.69, 9.17) is 7.26 Å². The maximum absolute atomic E-state index is 7.86. The molecule has 4 heteroatoms. The Morgan fingerprint density at radius 3 is 3.25 bits per heavy atom. The van der Waals surface area contributed by atoms with Crippen LogP contribution in [0.3, 0.4) is 0 Å². The smallest absolute Gasteiger partial charge is 0.234 e. The van der Waals surface area contributed by atoms with Crippen LogP contribution in [0.15, 0.2) is 4.52 Å². The fraction of sp³-hybridized carbons (Fsp3) is 0.750. The molecule has 2 atom stereocenters. The van der Waals surface area contributed by atoms with Crippen LogP contribution in [0.1, 0.15) is 20.9 Å². The molecule has 0 bridgehead atoms. The number of fused-ring (bicyclic) bond motifs is 1. The maximum atomic E-state index is 7.86. The molecule has 1 saturated heterocycles. The van der Waals surface area contributed by atoms with E-state index >= 15 is 0 Å². The maximum Gasteiger partial charge on any atom is 0.234 e. The monoisotopic (exact) mass is 167 g/mol. The van der Waals surface area contributed by atoms with Gasteiger partial charge in [-0.3, -0.25) is 0 Å². The van der Waals surface area contributed by atoms with Crippen LogP contribution in [0.5, 0.6) is 0 Å². The second-order valence-electron chi connectivity index (χ2n) is 3.53. The second kappa shape index (κ2) is 1.88. The molecule has 1 saturated carbocycles. The Kier molecular flexibility index (Phi) is 0.777. The van der Waals surface area contributed by atoms with Gasteiger partial charge in [-0.25, -0.2) is 0 Å². The van der Waals surface area contributed by atoms with Crippen LogP contribution >= 0.6 is 0 Å². The van der Waals surface area contributed by atoms with Crippen molar-refractivity contribution in [3.8, 4) is 0 Å². The summed E-state index contributed by atoms with van der Waals surface area (Å²) in [5.74, 6) is 1.34. The third-order valence-electron chi connectivity index (χ3n) is 2.67. The lowest BCUT2D eigenvalue weighted by Crippen LogP contribution is -2.19. The molecule has 3 rings (SSSR count). The number of piperidine rings is 1. The zero-order valence-electron chi connectivity index (χ0n) is 8.79. The molecule has 1 aromatic rings. The number of hydrogen-bond donors (Lipinski definition) is 1. The highest BCUT2D eigenvalue weighted by Gasteiger charge is 2.62. The highest BCUT2D eigenvalue weighted by Crippen LogP contribution is 2.55. The Morgan fingerprint density at radius 2 is 2.75 bits per heavy atom. The molecule has 2 heterocycles. The number of aromatic nitrogens is 2. The fourth-order valence-corrected chi connectivity index (χ4v) is 1.85. The molecule has 2 fully saturated rings. The van der Waals surface area contributed by atoms with Gasteiger partial charge in [-0.2, -0.15) is 4.98 Å². The van der Waals surface area contributed by atoms with Crippen molar-refractivity contribution >= 4 is 0 Å². The van der Waals surface area contributed by atoms with Gasteiger partial charge in [0, 0.05) is 9.24 Å². The highest BCUT2D eigenvalue weighted by molar-refractivity contribution is 5.25. The first-order chi connectivity index (χ1) is 6.56. The van der Waals surface area contributed by atoms with Gasteiger partial charge in [0.1, 0.15) is 0 Å². The van der Waals surface area contributed by atoms with E-state index < -0.39 is 11.9 Å². The first kappa shape index (κ1) is 4.97. The van der Waals surface area contributed by atoms with Crippen molar-refractivity contribution in [2.24, 2.45) is 5.92 Å². The number of hydrogen-bond acceptors (Lipinski definition) is 4. The molecule has 1 aliphatic carbocycles. The van der Waals surface area contributed by atoms with Gasteiger partial charge in [0.15, 0.2) is 5.82 Å². The van der Waals surface area contributed by atoms with Gasteiger partial charge in [0.2, 0.25) is 5.89 Å². The van der Waals surface area contributed by atoms with Crippen LogP contribution in [0.4, 0.5) is 0 Å². The third kappa shape index (κ3) is 0.659. The summed E-state index contributed by atoms with van der Waals surface area (Å²) in [4.78, 5) is 4.14. The number of nitrogens with one attached hydrogen (secondary N) is 1. The van der Waals surface area contributed by atoms with Crippen LogP contribution < -0.4 is 5.32 Å². The van der Waals surface area contributed by atoms with Crippen molar-refractivity contribution in [1.29, 1.82) is 0 Å². The van der Waals surface area contributed by atoms with Crippen molar-refractivity contribution in [3.63, 3.8) is 0 Å². The van der Waals surface area contributed by atoms with E-state index in [2.05, 4.69) is 15.5 Å². The predicted octanol–water partition coefficient (Wildman–Crippen LogP) is 0.239. The Morgan fingerprint density at radius 1 is 1.83 bits per heavy atom. The van der Waals surface area contributed by atoms with Crippen LogP contribution in [-0.2, 0) is 5.41 Å². The minimum absolute atomic E-state index is 0.317. The first-order valence-corrected chi connectivity index (χ1v) is 4.12. The standard InChI is InChI=1S/C8H11N3O/c1-5-10-7(12-11-5)8-2-6(8)3-9-4-8/h6,9H,2-4H2,1H3/i4D2. The van der Waals surface area contributed by atoms with E-state index in [0.717, 1.165) is 6.42 Å². The SMILES string of the molecule is [2H]C1([2H])NCC2CC21c1nc(C)no1. The zero-order valence-corrected chi connectivity index (χ0v) is 6.79. The van der Waals surface area contributed by atoms with Gasteiger partial charge < -0.3 is 9.84 Å². The molecule has 2 unspecified atom stereocenters. The predicted molar refractivity (Wildman–Crippen MR) is 41.7 cm³/mol. The molecule has 1 N–H and O–H groups in total. The summed E-state index contributed by atoms with van der Waals surface area (Å²) in [6.07, 6.45) is 0.814. The van der Waals surface area contributed by atoms with Crippen LogP contribution in [0.25, 0.3) is 0 Å². The van der Waals surface area contributed by atoms with Crippen molar-refractivity contribution in [3.05, 3.63) is 11.7 Å². The van der Waals surface area contributed by atoms with E-state index in [1.165, 1.54) is 0 Å². The average molecular weight is 167 g/mol. The Hall–Kier alpha value is -0.900. The molecular weight excluding hydrogens is 154 g/mol. The number of nitrogens with zero attached hydrogens (tertiary/aromatic N) is 2. The van der Waals surface area contributed by atoms with E-state index in [1.807, 2.05) is 0 Å². The van der Waals surface area contributed by atoms with Crippen molar-refractivity contribution < 1.29 is 7.26 Å². The molecule has 64 valence electrons. The molecular formula is C8H11N3O. The summed E-state index contributed by atoms with van der Waals surface area (Å²) in [5.41, 5.74) is -0.547. The van der Waals surface area contributed by atoms with Crippen molar-refractivity contribution in [2.45, 2.75) is 18.8 Å². The number of aryl methyl sites for hydroxylation is 1. The molecule has 2 aliphatic rings. The van der Waals surface area contributed by atoms with Gasteiger partial charge in [-0.05, 0) is 25.8 Å². The lowest BCUT2D eigenvalue weighted by molar-refractivity contribution is 0.343. The van der Waals surface area contributed by atoms with Gasteiger partial charge in [-0.1, -0.05) is 5.16 Å². The number of rotatable bonds is 1.